The summed E-state index contributed by atoms with van der Waals surface area (Å²) in [4.78, 5) is 22.0. The van der Waals surface area contributed by atoms with Crippen molar-refractivity contribution < 1.29 is 9.18 Å². The van der Waals surface area contributed by atoms with Crippen molar-refractivity contribution in [2.75, 3.05) is 33.2 Å². The Morgan fingerprint density at radius 2 is 1.83 bits per heavy atom. The molecule has 1 amide bonds. The third-order valence-electron chi connectivity index (χ3n) is 6.23. The standard InChI is InChI=1S/C23H29FN4O/c1-27-11-13-28(14-12-27)21-8-6-20(7-9-21)26-23(29)18-5-10-22(25-16-18)17-3-2-4-19(24)15-17/h2-5,10,15-16,20-21H,6-9,11-14H2,1H3,(H,26,29). The van der Waals surface area contributed by atoms with E-state index in [1.54, 1.807) is 24.4 Å². The summed E-state index contributed by atoms with van der Waals surface area (Å²) in [5.41, 5.74) is 1.92. The predicted molar refractivity (Wildman–Crippen MR) is 112 cm³/mol. The van der Waals surface area contributed by atoms with Crippen LogP contribution >= 0.6 is 0 Å². The maximum absolute atomic E-state index is 13.4. The van der Waals surface area contributed by atoms with Gasteiger partial charge in [-0.3, -0.25) is 14.7 Å². The van der Waals surface area contributed by atoms with Gasteiger partial charge in [0.25, 0.3) is 5.91 Å². The fraction of sp³-hybridized carbons (Fsp3) is 0.478. The molecule has 6 heteroatoms. The van der Waals surface area contributed by atoms with E-state index in [1.165, 1.54) is 12.1 Å². The molecule has 0 spiro atoms. The lowest BCUT2D eigenvalue weighted by molar-refractivity contribution is 0.0790. The van der Waals surface area contributed by atoms with Crippen molar-refractivity contribution in [2.24, 2.45) is 0 Å². The molecule has 0 unspecified atom stereocenters. The Kier molecular flexibility index (Phi) is 6.21. The second-order valence-corrected chi connectivity index (χ2v) is 8.26. The molecular formula is C23H29FN4O. The lowest BCUT2D eigenvalue weighted by Gasteiger charge is -2.41. The summed E-state index contributed by atoms with van der Waals surface area (Å²) in [5, 5.41) is 3.17. The van der Waals surface area contributed by atoms with Gasteiger partial charge in [0.15, 0.2) is 0 Å². The Bertz CT molecular complexity index is 825. The van der Waals surface area contributed by atoms with Crippen LogP contribution in [-0.4, -0.2) is 66.0 Å². The zero-order chi connectivity index (χ0) is 20.2. The van der Waals surface area contributed by atoms with Crippen molar-refractivity contribution in [3.05, 3.63) is 54.0 Å². The van der Waals surface area contributed by atoms with E-state index < -0.39 is 0 Å². The normalized spacial score (nSPS) is 23.7. The minimum absolute atomic E-state index is 0.0775. The molecule has 2 fully saturated rings. The van der Waals surface area contributed by atoms with Crippen molar-refractivity contribution in [1.29, 1.82) is 0 Å². The molecule has 0 atom stereocenters. The third-order valence-corrected chi connectivity index (χ3v) is 6.23. The number of hydrogen-bond donors (Lipinski definition) is 1. The number of pyridine rings is 1. The van der Waals surface area contributed by atoms with E-state index in [9.17, 15) is 9.18 Å². The van der Waals surface area contributed by atoms with Crippen molar-refractivity contribution >= 4 is 5.91 Å². The Morgan fingerprint density at radius 3 is 2.48 bits per heavy atom. The van der Waals surface area contributed by atoms with Crippen LogP contribution in [0.2, 0.25) is 0 Å². The quantitative estimate of drug-likeness (QED) is 0.862. The van der Waals surface area contributed by atoms with Crippen molar-refractivity contribution in [3.63, 3.8) is 0 Å². The summed E-state index contributed by atoms with van der Waals surface area (Å²) < 4.78 is 13.4. The fourth-order valence-electron chi connectivity index (χ4n) is 4.39. The van der Waals surface area contributed by atoms with Crippen LogP contribution in [0, 0.1) is 5.82 Å². The molecule has 2 aliphatic rings. The van der Waals surface area contributed by atoms with E-state index in [4.69, 9.17) is 0 Å². The zero-order valence-electron chi connectivity index (χ0n) is 17.0. The van der Waals surface area contributed by atoms with E-state index >= 15 is 0 Å². The number of carbonyl (C=O) groups is 1. The van der Waals surface area contributed by atoms with Gasteiger partial charge in [-0.2, -0.15) is 0 Å². The first-order valence-electron chi connectivity index (χ1n) is 10.5. The minimum atomic E-state index is -0.293. The average molecular weight is 397 g/mol. The molecule has 2 heterocycles. The molecule has 1 saturated heterocycles. The van der Waals surface area contributed by atoms with Gasteiger partial charge in [-0.1, -0.05) is 12.1 Å². The second-order valence-electron chi connectivity index (χ2n) is 8.26. The third kappa shape index (κ3) is 5.00. The van der Waals surface area contributed by atoms with E-state index in [0.717, 1.165) is 51.9 Å². The lowest BCUT2D eigenvalue weighted by atomic mass is 9.89. The van der Waals surface area contributed by atoms with Crippen molar-refractivity contribution in [3.8, 4) is 11.3 Å². The number of hydrogen-bond acceptors (Lipinski definition) is 4. The predicted octanol–water partition coefficient (Wildman–Crippen LogP) is 3.18. The Labute approximate surface area is 171 Å². The topological polar surface area (TPSA) is 48.5 Å². The van der Waals surface area contributed by atoms with Gasteiger partial charge in [0, 0.05) is 50.0 Å². The molecule has 154 valence electrons. The highest BCUT2D eigenvalue weighted by molar-refractivity contribution is 5.94. The zero-order valence-corrected chi connectivity index (χ0v) is 17.0. The van der Waals surface area contributed by atoms with Crippen LogP contribution in [0.1, 0.15) is 36.0 Å². The molecule has 1 aromatic heterocycles. The lowest BCUT2D eigenvalue weighted by Crippen LogP contribution is -2.51. The first-order valence-corrected chi connectivity index (χ1v) is 10.5. The van der Waals surface area contributed by atoms with E-state index in [1.807, 2.05) is 6.07 Å². The number of piperazine rings is 1. The number of benzene rings is 1. The first-order chi connectivity index (χ1) is 14.1. The molecule has 0 bridgehead atoms. The number of likely N-dealkylation sites (N-methyl/N-ethyl adjacent to an activating group) is 1. The van der Waals surface area contributed by atoms with Crippen LogP contribution < -0.4 is 5.32 Å². The molecule has 4 rings (SSSR count). The van der Waals surface area contributed by atoms with Crippen LogP contribution in [0.3, 0.4) is 0 Å². The molecule has 1 aromatic carbocycles. The number of amides is 1. The molecular weight excluding hydrogens is 367 g/mol. The summed E-state index contributed by atoms with van der Waals surface area (Å²) in [7, 11) is 2.18. The van der Waals surface area contributed by atoms with E-state index in [-0.39, 0.29) is 17.8 Å². The van der Waals surface area contributed by atoms with Gasteiger partial charge >= 0.3 is 0 Å². The maximum Gasteiger partial charge on any atom is 0.253 e. The Balaban J connectivity index is 1.29. The first kappa shape index (κ1) is 20.0. The summed E-state index contributed by atoms with van der Waals surface area (Å²) >= 11 is 0. The van der Waals surface area contributed by atoms with Gasteiger partial charge in [-0.25, -0.2) is 4.39 Å². The van der Waals surface area contributed by atoms with Crippen LogP contribution in [-0.2, 0) is 0 Å². The number of carbonyl (C=O) groups excluding carboxylic acids is 1. The van der Waals surface area contributed by atoms with Crippen LogP contribution in [0.5, 0.6) is 0 Å². The SMILES string of the molecule is CN1CCN(C2CCC(NC(=O)c3ccc(-c4cccc(F)c4)nc3)CC2)CC1. The highest BCUT2D eigenvalue weighted by atomic mass is 19.1. The molecule has 2 aromatic rings. The second kappa shape index (κ2) is 9.01. The highest BCUT2D eigenvalue weighted by Crippen LogP contribution is 2.24. The minimum Gasteiger partial charge on any atom is -0.349 e. The average Bonchev–Trinajstić information content (AvgIpc) is 2.75. The van der Waals surface area contributed by atoms with Crippen LogP contribution in [0.25, 0.3) is 11.3 Å². The molecule has 29 heavy (non-hydrogen) atoms. The van der Waals surface area contributed by atoms with E-state index in [2.05, 4.69) is 27.1 Å². The molecule has 1 aliphatic heterocycles. The number of rotatable bonds is 4. The largest absolute Gasteiger partial charge is 0.349 e. The summed E-state index contributed by atoms with van der Waals surface area (Å²) in [6.07, 6.45) is 5.91. The van der Waals surface area contributed by atoms with Gasteiger partial charge in [-0.05, 0) is 57.0 Å². The smallest absolute Gasteiger partial charge is 0.253 e. The monoisotopic (exact) mass is 396 g/mol. The number of aromatic nitrogens is 1. The van der Waals surface area contributed by atoms with Crippen molar-refractivity contribution in [2.45, 2.75) is 37.8 Å². The van der Waals surface area contributed by atoms with Gasteiger partial charge < -0.3 is 10.2 Å². The van der Waals surface area contributed by atoms with Crippen LogP contribution in [0.4, 0.5) is 4.39 Å². The van der Waals surface area contributed by atoms with Gasteiger partial charge in [0.2, 0.25) is 0 Å². The summed E-state index contributed by atoms with van der Waals surface area (Å²) in [6.45, 7) is 4.60. The molecule has 1 saturated carbocycles. The van der Waals surface area contributed by atoms with Crippen LogP contribution in [0.15, 0.2) is 42.6 Å². The molecule has 0 radical (unpaired) electrons. The molecule has 5 nitrogen and oxygen atoms in total. The Hall–Kier alpha value is -2.31. The van der Waals surface area contributed by atoms with Crippen molar-refractivity contribution in [1.82, 2.24) is 20.1 Å². The number of nitrogens with zero attached hydrogens (tertiary/aromatic N) is 3. The maximum atomic E-state index is 13.4. The van der Waals surface area contributed by atoms with Gasteiger partial charge in [0.05, 0.1) is 11.3 Å². The number of halogens is 1. The molecule has 1 N–H and O–H groups in total. The van der Waals surface area contributed by atoms with E-state index in [0.29, 0.717) is 22.9 Å². The highest BCUT2D eigenvalue weighted by Gasteiger charge is 2.28. The summed E-state index contributed by atoms with van der Waals surface area (Å²) in [6, 6.07) is 10.7. The van der Waals surface area contributed by atoms with Gasteiger partial charge in [-0.15, -0.1) is 0 Å². The fourth-order valence-corrected chi connectivity index (χ4v) is 4.39. The number of nitrogens with one attached hydrogen (secondary N) is 1. The van der Waals surface area contributed by atoms with Gasteiger partial charge in [0.1, 0.15) is 5.82 Å². The summed E-state index contributed by atoms with van der Waals surface area (Å²) in [5.74, 6) is -0.371. The Morgan fingerprint density at radius 1 is 1.07 bits per heavy atom. The molecule has 1 aliphatic carbocycles.